The van der Waals surface area contributed by atoms with E-state index in [-0.39, 0.29) is 12.3 Å². The molecule has 5 nitrogen and oxygen atoms in total. The van der Waals surface area contributed by atoms with Crippen molar-refractivity contribution in [2.45, 2.75) is 64.0 Å². The largest absolute Gasteiger partial charge is 0.481 e. The van der Waals surface area contributed by atoms with Crippen molar-refractivity contribution in [3.63, 3.8) is 0 Å². The van der Waals surface area contributed by atoms with Gasteiger partial charge in [-0.2, -0.15) is 0 Å². The predicted molar refractivity (Wildman–Crippen MR) is 67.3 cm³/mol. The van der Waals surface area contributed by atoms with Crippen molar-refractivity contribution in [1.82, 2.24) is 5.32 Å². The third-order valence-corrected chi connectivity index (χ3v) is 3.42. The molecule has 1 aliphatic rings. The van der Waals surface area contributed by atoms with Gasteiger partial charge in [-0.15, -0.1) is 0 Å². The van der Waals surface area contributed by atoms with E-state index in [4.69, 9.17) is 9.84 Å². The number of carboxylic acid groups (broad SMARTS) is 1. The first-order valence-electron chi connectivity index (χ1n) is 6.64. The summed E-state index contributed by atoms with van der Waals surface area (Å²) in [5.41, 5.74) is -0.536. The molecule has 1 atom stereocenters. The predicted octanol–water partition coefficient (Wildman–Crippen LogP) is 1.71. The van der Waals surface area contributed by atoms with E-state index in [0.717, 1.165) is 32.1 Å². The van der Waals surface area contributed by atoms with Crippen LogP contribution in [-0.4, -0.2) is 35.2 Å². The van der Waals surface area contributed by atoms with Crippen LogP contribution >= 0.6 is 0 Å². The van der Waals surface area contributed by atoms with Gasteiger partial charge in [0.25, 0.3) is 0 Å². The molecule has 0 bridgehead atoms. The molecule has 0 aromatic rings. The summed E-state index contributed by atoms with van der Waals surface area (Å²) in [6, 6.07) is 0. The molecule has 1 aliphatic carbocycles. The lowest BCUT2D eigenvalue weighted by molar-refractivity contribution is -0.142. The monoisotopic (exact) mass is 257 g/mol. The molecule has 18 heavy (non-hydrogen) atoms. The summed E-state index contributed by atoms with van der Waals surface area (Å²) in [7, 11) is 0. The molecular weight excluding hydrogens is 234 g/mol. The van der Waals surface area contributed by atoms with E-state index in [1.807, 2.05) is 0 Å². The molecule has 0 radical (unpaired) electrons. The van der Waals surface area contributed by atoms with Crippen LogP contribution in [0.3, 0.4) is 0 Å². The van der Waals surface area contributed by atoms with Crippen molar-refractivity contribution in [2.75, 3.05) is 6.61 Å². The second-order valence-electron chi connectivity index (χ2n) is 5.06. The van der Waals surface area contributed by atoms with Crippen LogP contribution in [0.2, 0.25) is 0 Å². The highest BCUT2D eigenvalue weighted by Crippen LogP contribution is 2.35. The Morgan fingerprint density at radius 2 is 2.11 bits per heavy atom. The first kappa shape index (κ1) is 15.0. The van der Waals surface area contributed by atoms with E-state index >= 15 is 0 Å². The van der Waals surface area contributed by atoms with Crippen molar-refractivity contribution < 1.29 is 19.4 Å². The van der Waals surface area contributed by atoms with Gasteiger partial charge in [0.1, 0.15) is 6.10 Å². The maximum Gasteiger partial charge on any atom is 0.305 e. The highest BCUT2D eigenvalue weighted by Gasteiger charge is 2.41. The summed E-state index contributed by atoms with van der Waals surface area (Å²) in [4.78, 5) is 22.7. The first-order chi connectivity index (χ1) is 8.49. The van der Waals surface area contributed by atoms with Crippen LogP contribution in [0.1, 0.15) is 52.4 Å². The van der Waals surface area contributed by atoms with Gasteiger partial charge in [-0.25, -0.2) is 0 Å². The van der Waals surface area contributed by atoms with Crippen molar-refractivity contribution in [1.29, 1.82) is 0 Å². The van der Waals surface area contributed by atoms with E-state index in [1.165, 1.54) is 0 Å². The zero-order valence-corrected chi connectivity index (χ0v) is 11.2. The lowest BCUT2D eigenvalue weighted by Crippen LogP contribution is -2.57. The molecule has 1 saturated carbocycles. The van der Waals surface area contributed by atoms with Crippen LogP contribution in [0.25, 0.3) is 0 Å². The van der Waals surface area contributed by atoms with Gasteiger partial charge in [0.2, 0.25) is 5.91 Å². The molecule has 1 fully saturated rings. The number of amides is 1. The summed E-state index contributed by atoms with van der Waals surface area (Å²) in [6.45, 7) is 4.33. The van der Waals surface area contributed by atoms with E-state index in [1.54, 1.807) is 6.92 Å². The number of carbonyl (C=O) groups excluding carboxylic acids is 1. The lowest BCUT2D eigenvalue weighted by atomic mass is 9.74. The van der Waals surface area contributed by atoms with Crippen molar-refractivity contribution >= 4 is 11.9 Å². The molecule has 5 heteroatoms. The normalized spacial score (nSPS) is 18.8. The van der Waals surface area contributed by atoms with Crippen LogP contribution in [0.4, 0.5) is 0 Å². The Kier molecular flexibility index (Phi) is 5.59. The van der Waals surface area contributed by atoms with E-state index in [9.17, 15) is 9.59 Å². The summed E-state index contributed by atoms with van der Waals surface area (Å²) < 4.78 is 5.40. The number of carboxylic acids is 1. The Balaban J connectivity index is 2.39. The fraction of sp³-hybridized carbons (Fsp3) is 0.846. The van der Waals surface area contributed by atoms with Gasteiger partial charge in [-0.1, -0.05) is 13.3 Å². The van der Waals surface area contributed by atoms with Gasteiger partial charge in [0.05, 0.1) is 12.0 Å². The summed E-state index contributed by atoms with van der Waals surface area (Å²) >= 11 is 0. The molecular formula is C13H23NO4. The minimum Gasteiger partial charge on any atom is -0.481 e. The van der Waals surface area contributed by atoms with Gasteiger partial charge in [0.15, 0.2) is 0 Å². The Morgan fingerprint density at radius 3 is 2.56 bits per heavy atom. The van der Waals surface area contributed by atoms with Crippen molar-refractivity contribution in [3.8, 4) is 0 Å². The Labute approximate surface area is 108 Å². The minimum atomic E-state index is -0.866. The fourth-order valence-corrected chi connectivity index (χ4v) is 2.08. The van der Waals surface area contributed by atoms with Gasteiger partial charge in [-0.3, -0.25) is 9.59 Å². The van der Waals surface area contributed by atoms with E-state index < -0.39 is 17.6 Å². The molecule has 1 unspecified atom stereocenters. The number of hydrogen-bond donors (Lipinski definition) is 2. The second-order valence-corrected chi connectivity index (χ2v) is 5.06. The van der Waals surface area contributed by atoms with Crippen LogP contribution in [0, 0.1) is 0 Å². The number of aliphatic carboxylic acids is 1. The maximum absolute atomic E-state index is 11.9. The number of ether oxygens (including phenoxy) is 1. The Hall–Kier alpha value is -1.10. The Morgan fingerprint density at radius 1 is 1.44 bits per heavy atom. The molecule has 1 amide bonds. The van der Waals surface area contributed by atoms with Crippen LogP contribution < -0.4 is 5.32 Å². The summed E-state index contributed by atoms with van der Waals surface area (Å²) in [6.07, 6.45) is 3.90. The Bertz CT molecular complexity index is 299. The standard InChI is InChI=1S/C13H23NO4/c1-3-4-8-18-10(2)12(17)14-13(6-5-7-13)9-11(15)16/h10H,3-9H2,1-2H3,(H,14,17)(H,15,16). The third-order valence-electron chi connectivity index (χ3n) is 3.42. The molecule has 2 N–H and O–H groups in total. The average Bonchev–Trinajstić information content (AvgIpc) is 2.25. The van der Waals surface area contributed by atoms with E-state index in [2.05, 4.69) is 12.2 Å². The molecule has 0 aromatic heterocycles. The molecule has 0 aliphatic heterocycles. The SMILES string of the molecule is CCCCOC(C)C(=O)NC1(CC(=O)O)CCC1. The van der Waals surface area contributed by atoms with Crippen molar-refractivity contribution in [2.24, 2.45) is 0 Å². The summed E-state index contributed by atoms with van der Waals surface area (Å²) in [5, 5.41) is 11.7. The first-order valence-corrected chi connectivity index (χ1v) is 6.64. The number of rotatable bonds is 8. The van der Waals surface area contributed by atoms with Gasteiger partial charge < -0.3 is 15.2 Å². The number of carbonyl (C=O) groups is 2. The number of hydrogen-bond acceptors (Lipinski definition) is 3. The maximum atomic E-state index is 11.9. The quantitative estimate of drug-likeness (QED) is 0.649. The van der Waals surface area contributed by atoms with E-state index in [0.29, 0.717) is 6.61 Å². The topological polar surface area (TPSA) is 75.6 Å². The molecule has 0 saturated heterocycles. The molecule has 104 valence electrons. The highest BCUT2D eigenvalue weighted by molar-refractivity contribution is 5.82. The molecule has 0 spiro atoms. The average molecular weight is 257 g/mol. The molecule has 0 aromatic carbocycles. The third kappa shape index (κ3) is 4.29. The minimum absolute atomic E-state index is 0.000417. The van der Waals surface area contributed by atoms with Crippen LogP contribution in [0.15, 0.2) is 0 Å². The molecule has 0 heterocycles. The lowest BCUT2D eigenvalue weighted by Gasteiger charge is -2.42. The smallest absolute Gasteiger partial charge is 0.305 e. The van der Waals surface area contributed by atoms with Gasteiger partial charge in [0, 0.05) is 6.61 Å². The zero-order chi connectivity index (χ0) is 13.6. The summed E-state index contributed by atoms with van der Waals surface area (Å²) in [5.74, 6) is -1.07. The molecule has 1 rings (SSSR count). The number of unbranched alkanes of at least 4 members (excludes halogenated alkanes) is 1. The van der Waals surface area contributed by atoms with Crippen molar-refractivity contribution in [3.05, 3.63) is 0 Å². The van der Waals surface area contributed by atoms with Crippen LogP contribution in [0.5, 0.6) is 0 Å². The van der Waals surface area contributed by atoms with Gasteiger partial charge >= 0.3 is 5.97 Å². The second kappa shape index (κ2) is 6.73. The fourth-order valence-electron chi connectivity index (χ4n) is 2.08. The van der Waals surface area contributed by atoms with Gasteiger partial charge in [-0.05, 0) is 32.6 Å². The highest BCUT2D eigenvalue weighted by atomic mass is 16.5. The number of nitrogens with one attached hydrogen (secondary N) is 1. The zero-order valence-electron chi connectivity index (χ0n) is 11.2. The van der Waals surface area contributed by atoms with Crippen LogP contribution in [-0.2, 0) is 14.3 Å².